The largest absolute Gasteiger partial charge is 0.368 e. The van der Waals surface area contributed by atoms with Gasteiger partial charge in [-0.25, -0.2) is 9.37 Å². The lowest BCUT2D eigenvalue weighted by Crippen LogP contribution is -2.35. The number of nitrogens with one attached hydrogen (secondary N) is 2. The Morgan fingerprint density at radius 1 is 1.33 bits per heavy atom. The Bertz CT molecular complexity index is 471. The van der Waals surface area contributed by atoms with Gasteiger partial charge in [0.15, 0.2) is 11.6 Å². The maximum atomic E-state index is 14.3. The van der Waals surface area contributed by atoms with Crippen LogP contribution in [0.2, 0.25) is 0 Å². The first kappa shape index (κ1) is 15.7. The van der Waals surface area contributed by atoms with E-state index in [1.54, 1.807) is 0 Å². The maximum Gasteiger partial charge on any atom is 0.254 e. The lowest BCUT2D eigenvalue weighted by molar-refractivity contribution is 0.0929. The highest BCUT2D eigenvalue weighted by molar-refractivity contribution is 5.95. The van der Waals surface area contributed by atoms with Crippen LogP contribution in [0.5, 0.6) is 0 Å². The molecule has 0 spiro atoms. The number of hydrogen-bond donors (Lipinski definition) is 2. The van der Waals surface area contributed by atoms with Crippen LogP contribution in [0.25, 0.3) is 0 Å². The van der Waals surface area contributed by atoms with Gasteiger partial charge in [0, 0.05) is 18.8 Å². The number of hydrogen-bond acceptors (Lipinski definition) is 3. The minimum Gasteiger partial charge on any atom is -0.368 e. The van der Waals surface area contributed by atoms with E-state index in [1.165, 1.54) is 25.1 Å². The Hall–Kier alpha value is -1.65. The van der Waals surface area contributed by atoms with Crippen LogP contribution in [0.1, 0.15) is 62.2 Å². The van der Waals surface area contributed by atoms with E-state index in [0.29, 0.717) is 6.54 Å². The summed E-state index contributed by atoms with van der Waals surface area (Å²) in [5, 5.41) is 5.87. The summed E-state index contributed by atoms with van der Waals surface area (Å²) in [6, 6.07) is 1.61. The Kier molecular flexibility index (Phi) is 5.96. The van der Waals surface area contributed by atoms with E-state index in [4.69, 9.17) is 0 Å². The van der Waals surface area contributed by atoms with Crippen LogP contribution >= 0.6 is 0 Å². The van der Waals surface area contributed by atoms with Crippen molar-refractivity contribution in [3.8, 4) is 0 Å². The fourth-order valence-electron chi connectivity index (χ4n) is 2.67. The number of amides is 1. The molecule has 0 radical (unpaired) electrons. The van der Waals surface area contributed by atoms with Crippen molar-refractivity contribution >= 4 is 11.7 Å². The number of carbonyl (C=O) groups excluding carboxylic acids is 1. The van der Waals surface area contributed by atoms with E-state index in [9.17, 15) is 9.18 Å². The minimum atomic E-state index is -0.558. The molecular weight excluding hydrogens is 269 g/mol. The number of anilines is 1. The smallest absolute Gasteiger partial charge is 0.254 e. The predicted octanol–water partition coefficient (Wildman–Crippen LogP) is 3.50. The second kappa shape index (κ2) is 7.96. The van der Waals surface area contributed by atoms with Gasteiger partial charge < -0.3 is 10.6 Å². The Morgan fingerprint density at radius 3 is 2.71 bits per heavy atom. The van der Waals surface area contributed by atoms with E-state index in [0.717, 1.165) is 32.1 Å². The van der Waals surface area contributed by atoms with Crippen LogP contribution in [-0.4, -0.2) is 23.5 Å². The van der Waals surface area contributed by atoms with Crippen LogP contribution in [0, 0.1) is 5.82 Å². The van der Waals surface area contributed by atoms with Crippen LogP contribution < -0.4 is 10.6 Å². The standard InChI is InChI=1S/C16H24FN3O/c1-2-10-18-15-14(17)13(9-11-19-15)16(21)20-12-7-5-3-4-6-8-12/h9,11-12H,2-8,10H2,1H3,(H,18,19)(H,20,21). The molecule has 1 aliphatic carbocycles. The fourth-order valence-corrected chi connectivity index (χ4v) is 2.67. The number of rotatable bonds is 5. The molecule has 1 aromatic rings. The molecule has 0 aromatic carbocycles. The van der Waals surface area contributed by atoms with Crippen molar-refractivity contribution in [3.63, 3.8) is 0 Å². The highest BCUT2D eigenvalue weighted by atomic mass is 19.1. The van der Waals surface area contributed by atoms with Gasteiger partial charge in [-0.3, -0.25) is 4.79 Å². The zero-order chi connectivity index (χ0) is 15.1. The predicted molar refractivity (Wildman–Crippen MR) is 81.9 cm³/mol. The van der Waals surface area contributed by atoms with E-state index in [-0.39, 0.29) is 23.3 Å². The van der Waals surface area contributed by atoms with Crippen molar-refractivity contribution in [2.45, 2.75) is 57.9 Å². The molecule has 0 bridgehead atoms. The first-order chi connectivity index (χ1) is 10.2. The highest BCUT2D eigenvalue weighted by Gasteiger charge is 2.20. The molecule has 1 aliphatic rings. The zero-order valence-corrected chi connectivity index (χ0v) is 12.6. The summed E-state index contributed by atoms with van der Waals surface area (Å²) in [6.45, 7) is 2.63. The van der Waals surface area contributed by atoms with Crippen molar-refractivity contribution in [1.29, 1.82) is 0 Å². The van der Waals surface area contributed by atoms with Gasteiger partial charge in [0.2, 0.25) is 0 Å². The molecule has 1 fully saturated rings. The lowest BCUT2D eigenvalue weighted by atomic mass is 10.1. The number of nitrogens with zero attached hydrogens (tertiary/aromatic N) is 1. The number of pyridine rings is 1. The zero-order valence-electron chi connectivity index (χ0n) is 12.6. The third-order valence-corrected chi connectivity index (χ3v) is 3.87. The summed E-state index contributed by atoms with van der Waals surface area (Å²) in [4.78, 5) is 16.2. The topological polar surface area (TPSA) is 54.0 Å². The normalized spacial score (nSPS) is 16.3. The van der Waals surface area contributed by atoms with Crippen molar-refractivity contribution in [3.05, 3.63) is 23.6 Å². The lowest BCUT2D eigenvalue weighted by Gasteiger charge is -2.17. The van der Waals surface area contributed by atoms with Gasteiger partial charge >= 0.3 is 0 Å². The SMILES string of the molecule is CCCNc1nccc(C(=O)NC2CCCCCC2)c1F. The number of halogens is 1. The van der Waals surface area contributed by atoms with Crippen molar-refractivity contribution in [2.24, 2.45) is 0 Å². The molecule has 0 atom stereocenters. The molecule has 2 rings (SSSR count). The highest BCUT2D eigenvalue weighted by Crippen LogP contribution is 2.19. The van der Waals surface area contributed by atoms with Gasteiger partial charge in [0.25, 0.3) is 5.91 Å². The van der Waals surface area contributed by atoms with Crippen molar-refractivity contribution in [1.82, 2.24) is 10.3 Å². The Labute approximate surface area is 125 Å². The monoisotopic (exact) mass is 293 g/mol. The summed E-state index contributed by atoms with van der Waals surface area (Å²) in [5.74, 6) is -0.733. The van der Waals surface area contributed by atoms with Crippen molar-refractivity contribution < 1.29 is 9.18 Å². The average molecular weight is 293 g/mol. The van der Waals surface area contributed by atoms with Gasteiger partial charge in [-0.2, -0.15) is 0 Å². The van der Waals surface area contributed by atoms with Gasteiger partial charge in [-0.05, 0) is 25.3 Å². The Morgan fingerprint density at radius 2 is 2.05 bits per heavy atom. The van der Waals surface area contributed by atoms with Crippen LogP contribution in [0.4, 0.5) is 10.2 Å². The second-order valence-corrected chi connectivity index (χ2v) is 5.61. The average Bonchev–Trinajstić information content (AvgIpc) is 2.74. The second-order valence-electron chi connectivity index (χ2n) is 5.61. The maximum absolute atomic E-state index is 14.3. The quantitative estimate of drug-likeness (QED) is 0.817. The summed E-state index contributed by atoms with van der Waals surface area (Å²) >= 11 is 0. The molecule has 1 saturated carbocycles. The molecule has 4 nitrogen and oxygen atoms in total. The molecular formula is C16H24FN3O. The third kappa shape index (κ3) is 4.41. The van der Waals surface area contributed by atoms with Crippen LogP contribution in [-0.2, 0) is 0 Å². The minimum absolute atomic E-state index is 0.0767. The van der Waals surface area contributed by atoms with E-state index >= 15 is 0 Å². The fraction of sp³-hybridized carbons (Fsp3) is 0.625. The Balaban J connectivity index is 2.04. The first-order valence-electron chi connectivity index (χ1n) is 7.91. The van der Waals surface area contributed by atoms with E-state index < -0.39 is 5.82 Å². The number of carbonyl (C=O) groups is 1. The number of aromatic nitrogens is 1. The summed E-state index contributed by atoms with van der Waals surface area (Å²) in [7, 11) is 0. The summed E-state index contributed by atoms with van der Waals surface area (Å²) in [5.41, 5.74) is 0.0767. The molecule has 1 heterocycles. The van der Waals surface area contributed by atoms with Gasteiger partial charge in [0.1, 0.15) is 0 Å². The first-order valence-corrected chi connectivity index (χ1v) is 7.91. The van der Waals surface area contributed by atoms with E-state index in [2.05, 4.69) is 15.6 Å². The van der Waals surface area contributed by atoms with Crippen molar-refractivity contribution in [2.75, 3.05) is 11.9 Å². The summed E-state index contributed by atoms with van der Waals surface area (Å²) < 4.78 is 14.3. The molecule has 1 aromatic heterocycles. The van der Waals surface area contributed by atoms with Crippen LogP contribution in [0.3, 0.4) is 0 Å². The van der Waals surface area contributed by atoms with Gasteiger partial charge in [0.05, 0.1) is 5.56 Å². The molecule has 0 saturated heterocycles. The van der Waals surface area contributed by atoms with Gasteiger partial charge in [-0.15, -0.1) is 0 Å². The van der Waals surface area contributed by atoms with Gasteiger partial charge in [-0.1, -0.05) is 32.6 Å². The molecule has 1 amide bonds. The third-order valence-electron chi connectivity index (χ3n) is 3.87. The summed E-state index contributed by atoms with van der Waals surface area (Å²) in [6.07, 6.45) is 9.03. The molecule has 0 unspecified atom stereocenters. The molecule has 2 N–H and O–H groups in total. The molecule has 5 heteroatoms. The molecule has 21 heavy (non-hydrogen) atoms. The van der Waals surface area contributed by atoms with E-state index in [1.807, 2.05) is 6.92 Å². The van der Waals surface area contributed by atoms with Crippen LogP contribution in [0.15, 0.2) is 12.3 Å². The molecule has 0 aliphatic heterocycles. The molecule has 116 valence electrons.